The average molecular weight is 297 g/mol. The number of halogens is 1. The van der Waals surface area contributed by atoms with Crippen LogP contribution in [0.25, 0.3) is 10.9 Å². The Hall–Kier alpha value is -1.07. The van der Waals surface area contributed by atoms with Gasteiger partial charge in [0.15, 0.2) is 0 Å². The lowest BCUT2D eigenvalue weighted by molar-refractivity contribution is 0.0670. The molecule has 0 bridgehead atoms. The van der Waals surface area contributed by atoms with Gasteiger partial charge in [-0.2, -0.15) is 0 Å². The van der Waals surface area contributed by atoms with Crippen LogP contribution < -0.4 is 5.32 Å². The van der Waals surface area contributed by atoms with E-state index in [-0.39, 0.29) is 0 Å². The van der Waals surface area contributed by atoms with Gasteiger partial charge in [0.05, 0.1) is 19.8 Å². The molecule has 1 aromatic heterocycles. The quantitative estimate of drug-likeness (QED) is 0.761. The van der Waals surface area contributed by atoms with E-state index in [2.05, 4.69) is 22.1 Å². The van der Waals surface area contributed by atoms with E-state index in [0.29, 0.717) is 19.8 Å². The molecular formula is C15H21ClN2O2. The van der Waals surface area contributed by atoms with E-state index in [1.54, 1.807) is 7.11 Å². The van der Waals surface area contributed by atoms with E-state index in [1.165, 1.54) is 10.9 Å². The van der Waals surface area contributed by atoms with E-state index in [4.69, 9.17) is 21.1 Å². The molecule has 0 amide bonds. The SMILES string of the molecule is CNCc1cn(CCOCCOC)c2cc(Cl)ccc12. The molecule has 2 aromatic rings. The van der Waals surface area contributed by atoms with Crippen molar-refractivity contribution in [3.63, 3.8) is 0 Å². The van der Waals surface area contributed by atoms with Crippen LogP contribution in [0.5, 0.6) is 0 Å². The number of hydrogen-bond acceptors (Lipinski definition) is 3. The van der Waals surface area contributed by atoms with Crippen LogP contribution in [0.4, 0.5) is 0 Å². The molecule has 0 saturated heterocycles. The van der Waals surface area contributed by atoms with Gasteiger partial charge in [0, 0.05) is 42.3 Å². The highest BCUT2D eigenvalue weighted by Gasteiger charge is 2.08. The lowest BCUT2D eigenvalue weighted by atomic mass is 10.2. The molecule has 0 fully saturated rings. The summed E-state index contributed by atoms with van der Waals surface area (Å²) < 4.78 is 12.7. The van der Waals surface area contributed by atoms with Crippen LogP contribution in [-0.4, -0.2) is 38.5 Å². The fourth-order valence-electron chi connectivity index (χ4n) is 2.26. The van der Waals surface area contributed by atoms with Crippen LogP contribution in [0, 0.1) is 0 Å². The molecule has 0 spiro atoms. The number of ether oxygens (including phenoxy) is 2. The summed E-state index contributed by atoms with van der Waals surface area (Å²) >= 11 is 6.10. The van der Waals surface area contributed by atoms with Crippen molar-refractivity contribution in [2.75, 3.05) is 34.0 Å². The highest BCUT2D eigenvalue weighted by atomic mass is 35.5. The van der Waals surface area contributed by atoms with Crippen molar-refractivity contribution in [3.05, 3.63) is 35.0 Å². The maximum Gasteiger partial charge on any atom is 0.0701 e. The number of methoxy groups -OCH3 is 1. The first-order chi connectivity index (χ1) is 9.76. The summed E-state index contributed by atoms with van der Waals surface area (Å²) in [5.41, 5.74) is 2.43. The first kappa shape index (κ1) is 15.3. The maximum absolute atomic E-state index is 6.10. The molecule has 1 N–H and O–H groups in total. The normalized spacial score (nSPS) is 11.3. The molecule has 2 rings (SSSR count). The minimum Gasteiger partial charge on any atom is -0.382 e. The van der Waals surface area contributed by atoms with Crippen LogP contribution in [0.15, 0.2) is 24.4 Å². The summed E-state index contributed by atoms with van der Waals surface area (Å²) in [4.78, 5) is 0. The van der Waals surface area contributed by atoms with Crippen molar-refractivity contribution in [2.24, 2.45) is 0 Å². The third-order valence-corrected chi connectivity index (χ3v) is 3.44. The Bertz CT molecular complexity index is 554. The van der Waals surface area contributed by atoms with E-state index in [0.717, 1.165) is 23.6 Å². The zero-order valence-corrected chi connectivity index (χ0v) is 12.7. The Balaban J connectivity index is 2.12. The number of nitrogens with zero attached hydrogens (tertiary/aromatic N) is 1. The number of aromatic nitrogens is 1. The predicted molar refractivity (Wildman–Crippen MR) is 82.4 cm³/mol. The molecule has 110 valence electrons. The van der Waals surface area contributed by atoms with Crippen molar-refractivity contribution >= 4 is 22.5 Å². The molecule has 0 aliphatic rings. The fraction of sp³-hybridized carbons (Fsp3) is 0.467. The van der Waals surface area contributed by atoms with Gasteiger partial charge < -0.3 is 19.4 Å². The van der Waals surface area contributed by atoms with Crippen molar-refractivity contribution in [1.29, 1.82) is 0 Å². The Morgan fingerprint density at radius 1 is 1.25 bits per heavy atom. The van der Waals surface area contributed by atoms with Gasteiger partial charge in [-0.15, -0.1) is 0 Å². The van der Waals surface area contributed by atoms with E-state index >= 15 is 0 Å². The molecule has 4 nitrogen and oxygen atoms in total. The van der Waals surface area contributed by atoms with Crippen LogP contribution in [0.1, 0.15) is 5.56 Å². The Morgan fingerprint density at radius 2 is 2.10 bits per heavy atom. The summed E-state index contributed by atoms with van der Waals surface area (Å²) in [6.45, 7) is 3.57. The molecule has 5 heteroatoms. The molecule has 0 atom stereocenters. The molecule has 1 heterocycles. The zero-order chi connectivity index (χ0) is 14.4. The van der Waals surface area contributed by atoms with Crippen molar-refractivity contribution < 1.29 is 9.47 Å². The monoisotopic (exact) mass is 296 g/mol. The van der Waals surface area contributed by atoms with Crippen LogP contribution in [0.3, 0.4) is 0 Å². The van der Waals surface area contributed by atoms with Gasteiger partial charge in [0.25, 0.3) is 0 Å². The Kier molecular flexibility index (Phi) is 5.86. The zero-order valence-electron chi connectivity index (χ0n) is 12.0. The second kappa shape index (κ2) is 7.64. The molecule has 0 radical (unpaired) electrons. The number of benzene rings is 1. The lowest BCUT2D eigenvalue weighted by Gasteiger charge is -2.06. The standard InChI is InChI=1S/C15H21ClN2O2/c1-17-10-12-11-18(5-6-20-8-7-19-2)15-9-13(16)3-4-14(12)15/h3-4,9,11,17H,5-8,10H2,1-2H3. The predicted octanol–water partition coefficient (Wildman–Crippen LogP) is 2.68. The Labute approximate surface area is 124 Å². The average Bonchev–Trinajstić information content (AvgIpc) is 2.77. The number of nitrogens with one attached hydrogen (secondary N) is 1. The van der Waals surface area contributed by atoms with Gasteiger partial charge in [0.1, 0.15) is 0 Å². The van der Waals surface area contributed by atoms with Crippen LogP contribution in [-0.2, 0) is 22.6 Å². The highest BCUT2D eigenvalue weighted by molar-refractivity contribution is 6.31. The molecule has 0 aliphatic heterocycles. The highest BCUT2D eigenvalue weighted by Crippen LogP contribution is 2.24. The first-order valence-corrected chi connectivity index (χ1v) is 7.12. The van der Waals surface area contributed by atoms with Crippen LogP contribution >= 0.6 is 11.6 Å². The second-order valence-electron chi connectivity index (χ2n) is 4.64. The molecule has 1 aromatic carbocycles. The minimum atomic E-state index is 0.625. The summed E-state index contributed by atoms with van der Waals surface area (Å²) in [6, 6.07) is 6.01. The van der Waals surface area contributed by atoms with E-state index in [9.17, 15) is 0 Å². The minimum absolute atomic E-state index is 0.625. The molecular weight excluding hydrogens is 276 g/mol. The summed E-state index contributed by atoms with van der Waals surface area (Å²) in [5, 5.41) is 5.19. The van der Waals surface area contributed by atoms with Gasteiger partial charge in [-0.05, 0) is 24.7 Å². The number of fused-ring (bicyclic) bond motifs is 1. The maximum atomic E-state index is 6.10. The Morgan fingerprint density at radius 3 is 2.85 bits per heavy atom. The molecule has 0 unspecified atom stereocenters. The fourth-order valence-corrected chi connectivity index (χ4v) is 2.43. The third-order valence-electron chi connectivity index (χ3n) is 3.20. The first-order valence-electron chi connectivity index (χ1n) is 6.75. The van der Waals surface area contributed by atoms with Crippen molar-refractivity contribution in [2.45, 2.75) is 13.1 Å². The second-order valence-corrected chi connectivity index (χ2v) is 5.08. The molecule has 20 heavy (non-hydrogen) atoms. The van der Waals surface area contributed by atoms with Crippen LogP contribution in [0.2, 0.25) is 5.02 Å². The van der Waals surface area contributed by atoms with E-state index in [1.807, 2.05) is 19.2 Å². The van der Waals surface area contributed by atoms with Gasteiger partial charge in [-0.1, -0.05) is 17.7 Å². The lowest BCUT2D eigenvalue weighted by Crippen LogP contribution is -2.09. The van der Waals surface area contributed by atoms with Gasteiger partial charge in [-0.3, -0.25) is 0 Å². The van der Waals surface area contributed by atoms with Crippen molar-refractivity contribution in [1.82, 2.24) is 9.88 Å². The van der Waals surface area contributed by atoms with Gasteiger partial charge >= 0.3 is 0 Å². The topological polar surface area (TPSA) is 35.4 Å². The molecule has 0 aliphatic carbocycles. The largest absolute Gasteiger partial charge is 0.382 e. The van der Waals surface area contributed by atoms with E-state index < -0.39 is 0 Å². The third kappa shape index (κ3) is 3.73. The molecule has 0 saturated carbocycles. The van der Waals surface area contributed by atoms with Gasteiger partial charge in [0.2, 0.25) is 0 Å². The summed E-state index contributed by atoms with van der Waals surface area (Å²) in [5.74, 6) is 0. The van der Waals surface area contributed by atoms with Gasteiger partial charge in [-0.25, -0.2) is 0 Å². The summed E-state index contributed by atoms with van der Waals surface area (Å²) in [6.07, 6.45) is 2.16. The smallest absolute Gasteiger partial charge is 0.0701 e. The summed E-state index contributed by atoms with van der Waals surface area (Å²) in [7, 11) is 3.63. The van der Waals surface area contributed by atoms with Crippen molar-refractivity contribution in [3.8, 4) is 0 Å². The number of hydrogen-bond donors (Lipinski definition) is 1. The number of rotatable bonds is 8.